The molecule has 1 heterocycles. The van der Waals surface area contributed by atoms with E-state index in [2.05, 4.69) is 30.6 Å². The van der Waals surface area contributed by atoms with Gasteiger partial charge in [0.2, 0.25) is 0 Å². The second-order valence-electron chi connectivity index (χ2n) is 4.14. The van der Waals surface area contributed by atoms with Crippen LogP contribution in [0.1, 0.15) is 16.1 Å². The predicted octanol–water partition coefficient (Wildman–Crippen LogP) is 4.10. The molecule has 2 aromatic rings. The number of carbonyl (C=O) groups excluding carboxylic acids is 1. The second-order valence-corrected chi connectivity index (χ2v) is 5.06. The number of halogens is 4. The quantitative estimate of drug-likeness (QED) is 0.751. The van der Waals surface area contributed by atoms with E-state index in [1.54, 1.807) is 0 Å². The van der Waals surface area contributed by atoms with Crippen LogP contribution in [0, 0.1) is 6.92 Å². The normalized spacial score (nSPS) is 11.4. The SMILES string of the molecule is COC(=O)c1c(-c2cc(Br)ccc2OC(F)(F)F)noc1C. The Labute approximate surface area is 131 Å². The molecule has 0 bridgehead atoms. The number of ether oxygens (including phenoxy) is 2. The fourth-order valence-electron chi connectivity index (χ4n) is 1.80. The third-order valence-electron chi connectivity index (χ3n) is 2.67. The molecule has 9 heteroatoms. The van der Waals surface area contributed by atoms with Crippen LogP contribution in [-0.2, 0) is 4.74 Å². The predicted molar refractivity (Wildman–Crippen MR) is 72.4 cm³/mol. The smallest absolute Gasteiger partial charge is 0.465 e. The Balaban J connectivity index is 2.62. The molecule has 0 aliphatic rings. The van der Waals surface area contributed by atoms with Gasteiger partial charge in [0.05, 0.1) is 7.11 Å². The van der Waals surface area contributed by atoms with E-state index in [-0.39, 0.29) is 22.6 Å². The first-order chi connectivity index (χ1) is 10.2. The summed E-state index contributed by atoms with van der Waals surface area (Å²) in [5.74, 6) is -1.15. The van der Waals surface area contributed by atoms with E-state index in [4.69, 9.17) is 4.52 Å². The molecular weight excluding hydrogens is 371 g/mol. The number of nitrogens with zero attached hydrogens (tertiary/aromatic N) is 1. The average molecular weight is 380 g/mol. The van der Waals surface area contributed by atoms with Crippen LogP contribution in [0.4, 0.5) is 13.2 Å². The van der Waals surface area contributed by atoms with Gasteiger partial charge in [-0.25, -0.2) is 4.79 Å². The maximum atomic E-state index is 12.5. The summed E-state index contributed by atoms with van der Waals surface area (Å²) in [4.78, 5) is 11.8. The van der Waals surface area contributed by atoms with Gasteiger partial charge in [-0.05, 0) is 25.1 Å². The minimum atomic E-state index is -4.88. The first-order valence-electron chi connectivity index (χ1n) is 5.83. The Bertz CT molecular complexity index is 712. The maximum absolute atomic E-state index is 12.5. The first kappa shape index (κ1) is 16.3. The largest absolute Gasteiger partial charge is 0.573 e. The summed E-state index contributed by atoms with van der Waals surface area (Å²) >= 11 is 3.15. The number of methoxy groups -OCH3 is 1. The maximum Gasteiger partial charge on any atom is 0.573 e. The number of hydrogen-bond donors (Lipinski definition) is 0. The van der Waals surface area contributed by atoms with Gasteiger partial charge in [0.1, 0.15) is 22.8 Å². The Morgan fingerprint density at radius 3 is 2.64 bits per heavy atom. The summed E-state index contributed by atoms with van der Waals surface area (Å²) in [7, 11) is 1.15. The van der Waals surface area contributed by atoms with Gasteiger partial charge in [0, 0.05) is 10.0 Å². The molecule has 0 N–H and O–H groups in total. The molecule has 2 rings (SSSR count). The van der Waals surface area contributed by atoms with Crippen molar-refractivity contribution in [2.45, 2.75) is 13.3 Å². The average Bonchev–Trinajstić information content (AvgIpc) is 2.80. The molecule has 0 saturated heterocycles. The molecule has 0 spiro atoms. The minimum Gasteiger partial charge on any atom is -0.465 e. The highest BCUT2D eigenvalue weighted by Gasteiger charge is 2.34. The van der Waals surface area contributed by atoms with Gasteiger partial charge in [0.25, 0.3) is 0 Å². The van der Waals surface area contributed by atoms with Crippen LogP contribution in [-0.4, -0.2) is 24.6 Å². The molecule has 0 unspecified atom stereocenters. The van der Waals surface area contributed by atoms with Gasteiger partial charge in [-0.3, -0.25) is 0 Å². The van der Waals surface area contributed by atoms with Crippen LogP contribution in [0.15, 0.2) is 27.2 Å². The third kappa shape index (κ3) is 3.41. The Morgan fingerprint density at radius 2 is 2.05 bits per heavy atom. The fourth-order valence-corrected chi connectivity index (χ4v) is 2.16. The number of hydrogen-bond acceptors (Lipinski definition) is 5. The summed E-state index contributed by atoms with van der Waals surface area (Å²) in [5.41, 5.74) is -0.207. The lowest BCUT2D eigenvalue weighted by molar-refractivity contribution is -0.274. The first-order valence-corrected chi connectivity index (χ1v) is 6.62. The number of benzene rings is 1. The summed E-state index contributed by atoms with van der Waals surface area (Å²) in [6, 6.07) is 3.82. The van der Waals surface area contributed by atoms with Crippen molar-refractivity contribution in [2.24, 2.45) is 0 Å². The van der Waals surface area contributed by atoms with Crippen molar-refractivity contribution in [1.29, 1.82) is 0 Å². The van der Waals surface area contributed by atoms with E-state index in [0.717, 1.165) is 13.2 Å². The zero-order valence-corrected chi connectivity index (χ0v) is 12.9. The molecule has 0 saturated carbocycles. The Kier molecular flexibility index (Phi) is 4.45. The van der Waals surface area contributed by atoms with Crippen molar-refractivity contribution < 1.29 is 32.0 Å². The Hall–Kier alpha value is -2.03. The highest BCUT2D eigenvalue weighted by Crippen LogP contribution is 2.37. The highest BCUT2D eigenvalue weighted by molar-refractivity contribution is 9.10. The van der Waals surface area contributed by atoms with E-state index in [0.29, 0.717) is 4.47 Å². The summed E-state index contributed by atoms with van der Waals surface area (Å²) in [5, 5.41) is 3.64. The third-order valence-corrected chi connectivity index (χ3v) is 3.17. The van der Waals surface area contributed by atoms with Gasteiger partial charge in [-0.2, -0.15) is 0 Å². The van der Waals surface area contributed by atoms with E-state index in [1.807, 2.05) is 0 Å². The van der Waals surface area contributed by atoms with Crippen molar-refractivity contribution in [3.05, 3.63) is 34.0 Å². The van der Waals surface area contributed by atoms with Crippen molar-refractivity contribution in [3.63, 3.8) is 0 Å². The zero-order chi connectivity index (χ0) is 16.5. The number of aromatic nitrogens is 1. The molecule has 1 aromatic carbocycles. The summed E-state index contributed by atoms with van der Waals surface area (Å²) < 4.78 is 51.4. The standard InChI is InChI=1S/C13H9BrF3NO4/c1-6-10(12(19)20-2)11(18-22-6)8-5-7(14)3-4-9(8)21-13(15,16)17/h3-5H,1-2H3. The van der Waals surface area contributed by atoms with Gasteiger partial charge >= 0.3 is 12.3 Å². The highest BCUT2D eigenvalue weighted by atomic mass is 79.9. The van der Waals surface area contributed by atoms with Gasteiger partial charge in [0.15, 0.2) is 0 Å². The molecule has 0 atom stereocenters. The fraction of sp³-hybridized carbons (Fsp3) is 0.231. The molecule has 118 valence electrons. The van der Waals surface area contributed by atoms with Crippen LogP contribution in [0.2, 0.25) is 0 Å². The lowest BCUT2D eigenvalue weighted by Crippen LogP contribution is -2.17. The molecular formula is C13H9BrF3NO4. The number of aryl methyl sites for hydroxylation is 1. The molecule has 0 radical (unpaired) electrons. The van der Waals surface area contributed by atoms with Crippen molar-refractivity contribution in [3.8, 4) is 17.0 Å². The van der Waals surface area contributed by atoms with Crippen LogP contribution in [0.5, 0.6) is 5.75 Å². The van der Waals surface area contributed by atoms with Crippen molar-refractivity contribution >= 4 is 21.9 Å². The van der Waals surface area contributed by atoms with Crippen LogP contribution >= 0.6 is 15.9 Å². The van der Waals surface area contributed by atoms with Crippen molar-refractivity contribution in [1.82, 2.24) is 5.16 Å². The molecule has 0 amide bonds. The van der Waals surface area contributed by atoms with Crippen LogP contribution in [0.25, 0.3) is 11.3 Å². The van der Waals surface area contributed by atoms with E-state index >= 15 is 0 Å². The van der Waals surface area contributed by atoms with Crippen LogP contribution in [0.3, 0.4) is 0 Å². The Morgan fingerprint density at radius 1 is 1.36 bits per heavy atom. The molecule has 22 heavy (non-hydrogen) atoms. The molecule has 0 aliphatic heterocycles. The summed E-state index contributed by atoms with van der Waals surface area (Å²) in [6.07, 6.45) is -4.88. The topological polar surface area (TPSA) is 61.6 Å². The molecule has 0 fully saturated rings. The summed E-state index contributed by atoms with van der Waals surface area (Å²) in [6.45, 7) is 1.45. The molecule has 0 aliphatic carbocycles. The lowest BCUT2D eigenvalue weighted by atomic mass is 10.1. The minimum absolute atomic E-state index is 0.0519. The number of carbonyl (C=O) groups is 1. The molecule has 1 aromatic heterocycles. The van der Waals surface area contributed by atoms with Gasteiger partial charge in [-0.1, -0.05) is 21.1 Å². The van der Waals surface area contributed by atoms with Gasteiger partial charge < -0.3 is 14.0 Å². The number of esters is 1. The monoisotopic (exact) mass is 379 g/mol. The van der Waals surface area contributed by atoms with Crippen LogP contribution < -0.4 is 4.74 Å². The second kappa shape index (κ2) is 5.99. The van der Waals surface area contributed by atoms with Gasteiger partial charge in [-0.15, -0.1) is 13.2 Å². The van der Waals surface area contributed by atoms with E-state index < -0.39 is 18.1 Å². The molecule has 5 nitrogen and oxygen atoms in total. The lowest BCUT2D eigenvalue weighted by Gasteiger charge is -2.12. The van der Waals surface area contributed by atoms with E-state index in [1.165, 1.54) is 19.1 Å². The number of alkyl halides is 3. The number of rotatable bonds is 3. The van der Waals surface area contributed by atoms with Crippen molar-refractivity contribution in [2.75, 3.05) is 7.11 Å². The zero-order valence-electron chi connectivity index (χ0n) is 11.3. The van der Waals surface area contributed by atoms with E-state index in [9.17, 15) is 18.0 Å².